The zero-order valence-corrected chi connectivity index (χ0v) is 21.2. The minimum atomic E-state index is -0.759. The van der Waals surface area contributed by atoms with Crippen LogP contribution in [-0.2, 0) is 15.1 Å². The van der Waals surface area contributed by atoms with Gasteiger partial charge in [-0.05, 0) is 47.1 Å². The summed E-state index contributed by atoms with van der Waals surface area (Å²) >= 11 is 0. The molecule has 1 N–H and O–H groups in total. The van der Waals surface area contributed by atoms with Gasteiger partial charge in [0, 0.05) is 24.1 Å². The number of rotatable bonds is 4. The van der Waals surface area contributed by atoms with E-state index >= 15 is 0 Å². The van der Waals surface area contributed by atoms with Crippen molar-refractivity contribution in [1.29, 1.82) is 0 Å². The van der Waals surface area contributed by atoms with E-state index in [0.29, 0.717) is 11.5 Å². The fraction of sp³-hybridized carbons (Fsp3) is 0.333. The number of amidine groups is 1. The maximum atomic E-state index is 13.0. The third-order valence-corrected chi connectivity index (χ3v) is 6.92. The quantitative estimate of drug-likeness (QED) is 0.418. The topological polar surface area (TPSA) is 63.2 Å². The molecule has 0 unspecified atom stereocenters. The Labute approximate surface area is 212 Å². The highest BCUT2D eigenvalue weighted by atomic mass is 16.8. The summed E-state index contributed by atoms with van der Waals surface area (Å²) in [6.45, 7) is 6.55. The van der Waals surface area contributed by atoms with Crippen molar-refractivity contribution >= 4 is 17.6 Å². The van der Waals surface area contributed by atoms with Crippen LogP contribution in [0.4, 0.5) is 10.5 Å². The maximum Gasteiger partial charge on any atom is 0.436 e. The summed E-state index contributed by atoms with van der Waals surface area (Å²) in [6.07, 6.45) is 4.05. The first kappa shape index (κ1) is 23.9. The molecule has 5 rings (SSSR count). The average Bonchev–Trinajstić information content (AvgIpc) is 3.21. The molecule has 0 saturated heterocycles. The molecule has 1 aliphatic carbocycles. The van der Waals surface area contributed by atoms with Gasteiger partial charge in [0.25, 0.3) is 0 Å². The van der Waals surface area contributed by atoms with E-state index in [1.54, 1.807) is 5.06 Å². The molecule has 1 saturated carbocycles. The number of carbonyl (C=O) groups is 1. The molecule has 1 spiro atoms. The summed E-state index contributed by atoms with van der Waals surface area (Å²) in [5, 5.41) is 8.85. The van der Waals surface area contributed by atoms with Crippen molar-refractivity contribution in [3.05, 3.63) is 90.0 Å². The minimum Gasteiger partial charge on any atom is -0.362 e. The van der Waals surface area contributed by atoms with Crippen LogP contribution in [0, 0.1) is 0 Å². The molecule has 2 aliphatic rings. The van der Waals surface area contributed by atoms with Gasteiger partial charge in [-0.15, -0.1) is 5.06 Å². The highest BCUT2D eigenvalue weighted by Gasteiger charge is 2.50. The first-order chi connectivity index (χ1) is 17.3. The van der Waals surface area contributed by atoms with Crippen molar-refractivity contribution in [2.45, 2.75) is 64.0 Å². The van der Waals surface area contributed by atoms with Crippen LogP contribution in [-0.4, -0.2) is 22.7 Å². The second-order valence-corrected chi connectivity index (χ2v) is 10.6. The van der Waals surface area contributed by atoms with Crippen molar-refractivity contribution in [2.75, 3.05) is 5.32 Å². The fourth-order valence-electron chi connectivity index (χ4n) is 4.81. The number of nitrogens with one attached hydrogen (secondary N) is 1. The van der Waals surface area contributed by atoms with Gasteiger partial charge in [0.05, 0.1) is 0 Å². The third-order valence-electron chi connectivity index (χ3n) is 6.92. The van der Waals surface area contributed by atoms with Gasteiger partial charge in [-0.2, -0.15) is 0 Å². The first-order valence-electron chi connectivity index (χ1n) is 12.7. The Morgan fingerprint density at radius 1 is 0.861 bits per heavy atom. The van der Waals surface area contributed by atoms with Crippen molar-refractivity contribution in [3.8, 4) is 11.1 Å². The Kier molecular flexibility index (Phi) is 6.44. The Bertz CT molecular complexity index is 1220. The molecule has 1 aliphatic heterocycles. The number of hydrogen-bond acceptors (Lipinski definition) is 5. The molecule has 1 heterocycles. The number of oxime groups is 1. The second kappa shape index (κ2) is 9.69. The summed E-state index contributed by atoms with van der Waals surface area (Å²) in [7, 11) is 0. The zero-order valence-electron chi connectivity index (χ0n) is 21.2. The Morgan fingerprint density at radius 2 is 1.47 bits per heavy atom. The summed E-state index contributed by atoms with van der Waals surface area (Å²) in [5.41, 5.74) is 4.22. The van der Waals surface area contributed by atoms with E-state index in [4.69, 9.17) is 9.68 Å². The lowest BCUT2D eigenvalue weighted by atomic mass is 9.86. The van der Waals surface area contributed by atoms with Gasteiger partial charge in [-0.25, -0.2) is 4.79 Å². The lowest BCUT2D eigenvalue weighted by Crippen LogP contribution is -2.51. The van der Waals surface area contributed by atoms with Crippen molar-refractivity contribution in [1.82, 2.24) is 5.06 Å². The fourth-order valence-corrected chi connectivity index (χ4v) is 4.81. The van der Waals surface area contributed by atoms with E-state index in [1.165, 1.54) is 5.56 Å². The van der Waals surface area contributed by atoms with Gasteiger partial charge in [-0.3, -0.25) is 5.32 Å². The van der Waals surface area contributed by atoms with Crippen molar-refractivity contribution < 1.29 is 14.5 Å². The molecule has 36 heavy (non-hydrogen) atoms. The van der Waals surface area contributed by atoms with Crippen LogP contribution in [0.2, 0.25) is 0 Å². The first-order valence-corrected chi connectivity index (χ1v) is 12.7. The van der Waals surface area contributed by atoms with Crippen LogP contribution < -0.4 is 5.32 Å². The van der Waals surface area contributed by atoms with Crippen LogP contribution in [0.25, 0.3) is 11.1 Å². The van der Waals surface area contributed by atoms with Gasteiger partial charge in [-0.1, -0.05) is 99.1 Å². The van der Waals surface area contributed by atoms with Gasteiger partial charge < -0.3 is 9.68 Å². The van der Waals surface area contributed by atoms with E-state index in [9.17, 15) is 4.79 Å². The molecule has 186 valence electrons. The van der Waals surface area contributed by atoms with Gasteiger partial charge in [0.2, 0.25) is 11.6 Å². The summed E-state index contributed by atoms with van der Waals surface area (Å²) in [4.78, 5) is 24.9. The smallest absolute Gasteiger partial charge is 0.362 e. The van der Waals surface area contributed by atoms with Crippen LogP contribution in [0.5, 0.6) is 0 Å². The Morgan fingerprint density at radius 3 is 2.11 bits per heavy atom. The molecule has 0 atom stereocenters. The molecular formula is C30H33N3O3. The SMILES string of the molecule is CC(C)(C)c1ccc(C2=NOC3(CCCCC3)N2OC(=O)Nc2ccc(-c3ccccc3)cc2)cc1. The number of anilines is 1. The van der Waals surface area contributed by atoms with E-state index in [1.807, 2.05) is 54.6 Å². The number of amides is 1. The molecule has 0 aromatic heterocycles. The van der Waals surface area contributed by atoms with Crippen molar-refractivity contribution in [2.24, 2.45) is 5.16 Å². The van der Waals surface area contributed by atoms with E-state index < -0.39 is 11.8 Å². The second-order valence-electron chi connectivity index (χ2n) is 10.6. The number of nitrogens with zero attached hydrogens (tertiary/aromatic N) is 2. The van der Waals surface area contributed by atoms with Gasteiger partial charge in [0.1, 0.15) is 0 Å². The van der Waals surface area contributed by atoms with Crippen molar-refractivity contribution in [3.63, 3.8) is 0 Å². The zero-order chi connectivity index (χ0) is 25.2. The number of hydroxylamine groups is 2. The monoisotopic (exact) mass is 483 g/mol. The van der Waals surface area contributed by atoms with Crippen LogP contribution in [0.1, 0.15) is 64.0 Å². The standard InChI is InChI=1S/C30H33N3O3/c1-29(2,3)25-16-12-24(13-17-25)27-32-36-30(20-8-5-9-21-30)33(27)35-28(34)31-26-18-14-23(15-19-26)22-10-6-4-7-11-22/h4,6-7,10-19H,5,8-9,20-21H2,1-3H3,(H,31,34). The van der Waals surface area contributed by atoms with Crippen LogP contribution in [0.15, 0.2) is 84.0 Å². The van der Waals surface area contributed by atoms with Gasteiger partial charge in [0.15, 0.2) is 0 Å². The minimum absolute atomic E-state index is 0.0449. The van der Waals surface area contributed by atoms with E-state index in [2.05, 4.69) is 55.5 Å². The third kappa shape index (κ3) is 4.94. The Hall–Kier alpha value is -3.80. The lowest BCUT2D eigenvalue weighted by molar-refractivity contribution is -0.224. The molecular weight excluding hydrogens is 450 g/mol. The molecule has 1 amide bonds. The van der Waals surface area contributed by atoms with E-state index in [0.717, 1.165) is 48.8 Å². The lowest BCUT2D eigenvalue weighted by Gasteiger charge is -2.37. The molecule has 3 aromatic carbocycles. The predicted octanol–water partition coefficient (Wildman–Crippen LogP) is 7.47. The molecule has 1 fully saturated rings. The molecule has 6 nitrogen and oxygen atoms in total. The summed E-state index contributed by atoms with van der Waals surface area (Å²) in [5.74, 6) is 0.520. The number of benzene rings is 3. The number of carbonyl (C=O) groups excluding carboxylic acids is 1. The van der Waals surface area contributed by atoms with Crippen LogP contribution in [0.3, 0.4) is 0 Å². The van der Waals surface area contributed by atoms with E-state index in [-0.39, 0.29) is 5.41 Å². The largest absolute Gasteiger partial charge is 0.436 e. The molecule has 0 bridgehead atoms. The highest BCUT2D eigenvalue weighted by molar-refractivity contribution is 6.00. The predicted molar refractivity (Wildman–Crippen MR) is 142 cm³/mol. The normalized spacial score (nSPS) is 16.9. The average molecular weight is 484 g/mol. The van der Waals surface area contributed by atoms with Gasteiger partial charge >= 0.3 is 6.09 Å². The van der Waals surface area contributed by atoms with Crippen LogP contribution >= 0.6 is 0 Å². The highest BCUT2D eigenvalue weighted by Crippen LogP contribution is 2.40. The molecule has 3 aromatic rings. The Balaban J connectivity index is 1.33. The molecule has 6 heteroatoms. The maximum absolute atomic E-state index is 13.0. The summed E-state index contributed by atoms with van der Waals surface area (Å²) in [6, 6.07) is 26.1. The number of hydrogen-bond donors (Lipinski definition) is 1. The summed E-state index contributed by atoms with van der Waals surface area (Å²) < 4.78 is 0. The molecule has 0 radical (unpaired) electrons.